The van der Waals surface area contributed by atoms with Gasteiger partial charge < -0.3 is 9.84 Å². The summed E-state index contributed by atoms with van der Waals surface area (Å²) in [5, 5.41) is 21.5. The number of aliphatic hydroxyl groups is 1. The van der Waals surface area contributed by atoms with Gasteiger partial charge in [0.1, 0.15) is 22.7 Å². The van der Waals surface area contributed by atoms with Crippen LogP contribution in [0, 0.1) is 34.5 Å². The second kappa shape index (κ2) is 10.2. The van der Waals surface area contributed by atoms with Gasteiger partial charge in [-0.05, 0) is 13.3 Å². The number of hydrogen-bond donors (Lipinski definition) is 1. The molecule has 0 spiro atoms. The molecule has 0 atom stereocenters. The number of benzene rings is 1. The molecule has 0 aliphatic carbocycles. The number of aliphatic imine (C=N–C) groups is 1. The summed E-state index contributed by atoms with van der Waals surface area (Å²) in [6.07, 6.45) is 3.32. The first-order valence-corrected chi connectivity index (χ1v) is 8.21. The van der Waals surface area contributed by atoms with E-state index in [1.54, 1.807) is 0 Å². The molecular weight excluding hydrogens is 381 g/mol. The number of nitro groups is 1. The van der Waals surface area contributed by atoms with E-state index in [0.717, 1.165) is 13.1 Å². The first kappa shape index (κ1) is 22.9. The van der Waals surface area contributed by atoms with E-state index in [1.807, 2.05) is 6.92 Å². The third-order valence-corrected chi connectivity index (χ3v) is 3.60. The van der Waals surface area contributed by atoms with Crippen molar-refractivity contribution in [1.29, 1.82) is 0 Å². The molecule has 152 valence electrons. The first-order valence-electron chi connectivity index (χ1n) is 8.21. The van der Waals surface area contributed by atoms with E-state index in [4.69, 9.17) is 4.74 Å². The molecular formula is C18H19F3N2O5. The zero-order valence-corrected chi connectivity index (χ0v) is 15.3. The highest BCUT2D eigenvalue weighted by atomic mass is 19.2. The Labute approximate surface area is 159 Å². The Bertz CT molecular complexity index is 850. The first-order chi connectivity index (χ1) is 13.2. The van der Waals surface area contributed by atoms with Crippen molar-refractivity contribution in [2.24, 2.45) is 4.99 Å². The maximum Gasteiger partial charge on any atom is 0.343 e. The number of rotatable bonds is 9. The van der Waals surface area contributed by atoms with Crippen LogP contribution in [0.2, 0.25) is 0 Å². The summed E-state index contributed by atoms with van der Waals surface area (Å²) in [6, 6.07) is 0. The number of esters is 1. The van der Waals surface area contributed by atoms with E-state index in [0.29, 0.717) is 12.8 Å². The molecule has 0 saturated heterocycles. The number of halogens is 3. The van der Waals surface area contributed by atoms with Gasteiger partial charge in [0.15, 0.2) is 5.82 Å². The molecule has 28 heavy (non-hydrogen) atoms. The van der Waals surface area contributed by atoms with Crippen molar-refractivity contribution in [1.82, 2.24) is 0 Å². The number of nitrogens with zero attached hydrogens (tertiary/aromatic N) is 2. The van der Waals surface area contributed by atoms with E-state index in [1.165, 1.54) is 6.08 Å². The van der Waals surface area contributed by atoms with Crippen molar-refractivity contribution in [2.75, 3.05) is 13.2 Å². The third-order valence-electron chi connectivity index (χ3n) is 3.60. The van der Waals surface area contributed by atoms with E-state index in [9.17, 15) is 33.2 Å². The predicted molar refractivity (Wildman–Crippen MR) is 96.7 cm³/mol. The summed E-state index contributed by atoms with van der Waals surface area (Å²) in [7, 11) is 0. The number of unbranched alkanes of at least 4 members (excludes halogenated alkanes) is 1. The van der Waals surface area contributed by atoms with Crippen LogP contribution in [0.5, 0.6) is 0 Å². The van der Waals surface area contributed by atoms with Crippen LogP contribution in [0.1, 0.15) is 30.9 Å². The molecule has 1 aromatic carbocycles. The number of hydrogen-bond acceptors (Lipinski definition) is 6. The predicted octanol–water partition coefficient (Wildman–Crippen LogP) is 4.19. The zero-order valence-electron chi connectivity index (χ0n) is 15.3. The molecule has 10 heteroatoms. The van der Waals surface area contributed by atoms with Crippen molar-refractivity contribution in [2.45, 2.75) is 26.7 Å². The van der Waals surface area contributed by atoms with Gasteiger partial charge in [0, 0.05) is 11.8 Å². The van der Waals surface area contributed by atoms with Crippen molar-refractivity contribution < 1.29 is 32.7 Å². The number of nitro benzene ring substituents is 1. The summed E-state index contributed by atoms with van der Waals surface area (Å²) < 4.78 is 47.2. The number of aliphatic hydroxyl groups excluding tert-OH is 1. The van der Waals surface area contributed by atoms with Crippen LogP contribution in [0.25, 0.3) is 5.76 Å². The number of carbonyl (C=O) groups excluding carboxylic acids is 1. The zero-order chi connectivity index (χ0) is 21.4. The van der Waals surface area contributed by atoms with E-state index in [2.05, 4.69) is 11.6 Å². The fraction of sp³-hybridized carbons (Fsp3) is 0.333. The monoisotopic (exact) mass is 400 g/mol. The van der Waals surface area contributed by atoms with Crippen molar-refractivity contribution in [3.8, 4) is 0 Å². The Hall–Kier alpha value is -3.17. The Kier molecular flexibility index (Phi) is 8.36. The van der Waals surface area contributed by atoms with E-state index < -0.39 is 56.5 Å². The van der Waals surface area contributed by atoms with Gasteiger partial charge in [0.2, 0.25) is 5.82 Å². The van der Waals surface area contributed by atoms with Crippen molar-refractivity contribution in [3.63, 3.8) is 0 Å². The summed E-state index contributed by atoms with van der Waals surface area (Å²) >= 11 is 0. The van der Waals surface area contributed by atoms with Gasteiger partial charge in [-0.25, -0.2) is 13.6 Å². The highest BCUT2D eigenvalue weighted by Crippen LogP contribution is 2.35. The SMILES string of the molecule is C=CCN=C/C(C(=O)OCCCC)=C(\O)c1c(F)c(C)c(F)c(F)c1[N+](=O)[O-]. The Morgan fingerprint density at radius 2 is 1.96 bits per heavy atom. The highest BCUT2D eigenvalue weighted by molar-refractivity contribution is 6.15. The molecule has 0 aliphatic heterocycles. The molecule has 0 radical (unpaired) electrons. The summed E-state index contributed by atoms with van der Waals surface area (Å²) in [5.74, 6) is -7.77. The molecule has 1 N–H and O–H groups in total. The third kappa shape index (κ3) is 4.96. The van der Waals surface area contributed by atoms with Gasteiger partial charge in [-0.1, -0.05) is 19.4 Å². The van der Waals surface area contributed by atoms with Gasteiger partial charge in [0.05, 0.1) is 18.1 Å². The molecule has 0 fully saturated rings. The minimum atomic E-state index is -1.97. The quantitative estimate of drug-likeness (QED) is 0.0771. The summed E-state index contributed by atoms with van der Waals surface area (Å²) in [4.78, 5) is 25.7. The van der Waals surface area contributed by atoms with Gasteiger partial charge >= 0.3 is 11.7 Å². The maximum absolute atomic E-state index is 14.5. The van der Waals surface area contributed by atoms with E-state index >= 15 is 0 Å². The van der Waals surface area contributed by atoms with Crippen LogP contribution in [-0.4, -0.2) is 35.4 Å². The van der Waals surface area contributed by atoms with Crippen LogP contribution >= 0.6 is 0 Å². The molecule has 0 heterocycles. The van der Waals surface area contributed by atoms with Gasteiger partial charge in [0.25, 0.3) is 0 Å². The molecule has 0 amide bonds. The van der Waals surface area contributed by atoms with E-state index in [-0.39, 0.29) is 13.2 Å². The van der Waals surface area contributed by atoms with Gasteiger partial charge in [-0.3, -0.25) is 15.1 Å². The van der Waals surface area contributed by atoms with Crippen LogP contribution in [0.15, 0.2) is 23.2 Å². The standard InChI is InChI=1S/C18H19F3N2O5/c1-4-6-8-28-18(25)11(9-22-7-5-2)17(24)12-13(19)10(3)14(20)15(21)16(12)23(26)27/h5,9,24H,2,4,6-8H2,1,3H3/b17-11+,22-9?. The van der Waals surface area contributed by atoms with Crippen LogP contribution < -0.4 is 0 Å². The summed E-state index contributed by atoms with van der Waals surface area (Å²) in [5.41, 5.74) is -4.56. The lowest BCUT2D eigenvalue weighted by molar-refractivity contribution is -0.388. The molecule has 7 nitrogen and oxygen atoms in total. The molecule has 1 rings (SSSR count). The molecule has 0 aromatic heterocycles. The average Bonchev–Trinajstić information content (AvgIpc) is 2.65. The smallest absolute Gasteiger partial charge is 0.343 e. The normalized spacial score (nSPS) is 12.0. The van der Waals surface area contributed by atoms with Gasteiger partial charge in [-0.15, -0.1) is 6.58 Å². The Morgan fingerprint density at radius 1 is 1.32 bits per heavy atom. The molecule has 0 unspecified atom stereocenters. The number of ether oxygens (including phenoxy) is 1. The lowest BCUT2D eigenvalue weighted by Gasteiger charge is -2.11. The van der Waals surface area contributed by atoms with Gasteiger partial charge in [-0.2, -0.15) is 4.39 Å². The second-order valence-corrected chi connectivity index (χ2v) is 5.58. The average molecular weight is 400 g/mol. The maximum atomic E-state index is 14.5. The minimum absolute atomic E-state index is 0.000399. The molecule has 0 bridgehead atoms. The van der Waals surface area contributed by atoms with Crippen molar-refractivity contribution >= 4 is 23.6 Å². The molecule has 0 aliphatic rings. The van der Waals surface area contributed by atoms with Crippen LogP contribution in [0.4, 0.5) is 18.9 Å². The molecule has 0 saturated carbocycles. The lowest BCUT2D eigenvalue weighted by atomic mass is 10.0. The number of carbonyl (C=O) groups is 1. The summed E-state index contributed by atoms with van der Waals surface area (Å²) in [6.45, 7) is 6.03. The lowest BCUT2D eigenvalue weighted by Crippen LogP contribution is -2.15. The topological polar surface area (TPSA) is 102 Å². The fourth-order valence-electron chi connectivity index (χ4n) is 2.10. The minimum Gasteiger partial charge on any atom is -0.506 e. The van der Waals surface area contributed by atoms with Crippen molar-refractivity contribution in [3.05, 3.63) is 56.9 Å². The Morgan fingerprint density at radius 3 is 2.50 bits per heavy atom. The largest absolute Gasteiger partial charge is 0.506 e. The highest BCUT2D eigenvalue weighted by Gasteiger charge is 2.35. The second-order valence-electron chi connectivity index (χ2n) is 5.58. The molecule has 1 aromatic rings. The van der Waals surface area contributed by atoms with Crippen LogP contribution in [-0.2, 0) is 9.53 Å². The fourth-order valence-corrected chi connectivity index (χ4v) is 2.10. The van der Waals surface area contributed by atoms with Crippen LogP contribution in [0.3, 0.4) is 0 Å². The Balaban J connectivity index is 3.73.